The van der Waals surface area contributed by atoms with Crippen LogP contribution in [0.4, 0.5) is 0 Å². The Labute approximate surface area is 92.5 Å². The zero-order chi connectivity index (χ0) is 11.1. The predicted molar refractivity (Wildman–Crippen MR) is 63.6 cm³/mol. The molecule has 1 unspecified atom stereocenters. The molecule has 1 aromatic rings. The van der Waals surface area contributed by atoms with Gasteiger partial charge in [-0.2, -0.15) is 0 Å². The van der Waals surface area contributed by atoms with E-state index in [1.54, 1.807) is 0 Å². The lowest BCUT2D eigenvalue weighted by atomic mass is 9.85. The molecule has 0 fully saturated rings. The molecule has 0 aliphatic carbocycles. The Balaban J connectivity index is 2.35. The van der Waals surface area contributed by atoms with Crippen LogP contribution in [0.25, 0.3) is 0 Å². The van der Waals surface area contributed by atoms with Gasteiger partial charge >= 0.3 is 0 Å². The summed E-state index contributed by atoms with van der Waals surface area (Å²) in [7, 11) is 0. The number of rotatable bonds is 0. The van der Waals surface area contributed by atoms with Crippen molar-refractivity contribution in [1.82, 2.24) is 0 Å². The van der Waals surface area contributed by atoms with Crippen molar-refractivity contribution in [2.45, 2.75) is 52.1 Å². The summed E-state index contributed by atoms with van der Waals surface area (Å²) >= 11 is 0. The highest BCUT2D eigenvalue weighted by Crippen LogP contribution is 2.32. The predicted octanol–water partition coefficient (Wildman–Crippen LogP) is 3.70. The molecule has 1 aliphatic heterocycles. The molecule has 1 nitrogen and oxygen atoms in total. The molecule has 0 aromatic heterocycles. The number of hydrogen-bond donors (Lipinski definition) is 0. The molecule has 1 aliphatic rings. The molecule has 15 heavy (non-hydrogen) atoms. The average molecular weight is 204 g/mol. The highest BCUT2D eigenvalue weighted by atomic mass is 16.5. The maximum Gasteiger partial charge on any atom is 0.122 e. The van der Waals surface area contributed by atoms with Crippen LogP contribution in [-0.2, 0) is 11.8 Å². The van der Waals surface area contributed by atoms with Crippen molar-refractivity contribution in [1.29, 1.82) is 0 Å². The van der Waals surface area contributed by atoms with E-state index in [4.69, 9.17) is 4.74 Å². The quantitative estimate of drug-likeness (QED) is 0.626. The smallest absolute Gasteiger partial charge is 0.122 e. The van der Waals surface area contributed by atoms with Crippen LogP contribution in [0.1, 0.15) is 45.2 Å². The van der Waals surface area contributed by atoms with E-state index in [0.717, 1.165) is 18.6 Å². The zero-order valence-corrected chi connectivity index (χ0v) is 10.1. The molecule has 0 radical (unpaired) electrons. The summed E-state index contributed by atoms with van der Waals surface area (Å²) in [5.74, 6) is 1.08. The molecule has 1 heteroatoms. The zero-order valence-electron chi connectivity index (χ0n) is 10.1. The van der Waals surface area contributed by atoms with E-state index in [1.165, 1.54) is 11.1 Å². The van der Waals surface area contributed by atoms with E-state index in [9.17, 15) is 0 Å². The molecule has 1 aromatic carbocycles. The van der Waals surface area contributed by atoms with Crippen LogP contribution in [0.15, 0.2) is 18.2 Å². The first-order valence-electron chi connectivity index (χ1n) is 5.77. The summed E-state index contributed by atoms with van der Waals surface area (Å²) in [6, 6.07) is 6.63. The molecule has 0 N–H and O–H groups in total. The van der Waals surface area contributed by atoms with Crippen molar-refractivity contribution in [2.75, 3.05) is 0 Å². The van der Waals surface area contributed by atoms with E-state index in [1.807, 2.05) is 0 Å². The second-order valence-electron chi connectivity index (χ2n) is 5.54. The first-order valence-corrected chi connectivity index (χ1v) is 5.77. The molecule has 1 atom stereocenters. The number of aryl methyl sites for hydroxylation is 1. The minimum absolute atomic E-state index is 0.234. The van der Waals surface area contributed by atoms with Crippen LogP contribution in [0.3, 0.4) is 0 Å². The molecule has 0 bridgehead atoms. The van der Waals surface area contributed by atoms with Gasteiger partial charge in [0, 0.05) is 0 Å². The van der Waals surface area contributed by atoms with Crippen LogP contribution in [0.2, 0.25) is 0 Å². The van der Waals surface area contributed by atoms with Gasteiger partial charge in [0.05, 0.1) is 6.10 Å². The molecule has 0 saturated heterocycles. The topological polar surface area (TPSA) is 9.23 Å². The fourth-order valence-electron chi connectivity index (χ4n) is 1.99. The SMILES string of the molecule is CC1CCc2cc(C(C)(C)C)ccc2O1. The molecule has 2 rings (SSSR count). The Bertz CT molecular complexity index is 360. The lowest BCUT2D eigenvalue weighted by Gasteiger charge is -2.26. The summed E-state index contributed by atoms with van der Waals surface area (Å²) in [4.78, 5) is 0. The van der Waals surface area contributed by atoms with Crippen molar-refractivity contribution >= 4 is 0 Å². The van der Waals surface area contributed by atoms with E-state index in [0.29, 0.717) is 6.10 Å². The highest BCUT2D eigenvalue weighted by molar-refractivity contribution is 5.40. The maximum atomic E-state index is 5.80. The van der Waals surface area contributed by atoms with Crippen molar-refractivity contribution in [3.63, 3.8) is 0 Å². The van der Waals surface area contributed by atoms with Crippen molar-refractivity contribution in [2.24, 2.45) is 0 Å². The van der Waals surface area contributed by atoms with Crippen LogP contribution in [0, 0.1) is 0 Å². The fourth-order valence-corrected chi connectivity index (χ4v) is 1.99. The fraction of sp³-hybridized carbons (Fsp3) is 0.571. The Morgan fingerprint density at radius 2 is 2.00 bits per heavy atom. The summed E-state index contributed by atoms with van der Waals surface area (Å²) < 4.78 is 5.80. The minimum Gasteiger partial charge on any atom is -0.490 e. The van der Waals surface area contributed by atoms with Crippen LogP contribution in [0.5, 0.6) is 5.75 Å². The Morgan fingerprint density at radius 1 is 1.27 bits per heavy atom. The molecular weight excluding hydrogens is 184 g/mol. The first-order chi connectivity index (χ1) is 6.97. The average Bonchev–Trinajstić information content (AvgIpc) is 2.15. The molecular formula is C14H20O. The lowest BCUT2D eigenvalue weighted by molar-refractivity contribution is 0.192. The normalized spacial score (nSPS) is 20.7. The Hall–Kier alpha value is -0.980. The third-order valence-electron chi connectivity index (χ3n) is 3.07. The molecule has 1 heterocycles. The Kier molecular flexibility index (Phi) is 2.49. The van der Waals surface area contributed by atoms with Gasteiger partial charge in [-0.1, -0.05) is 32.9 Å². The number of benzene rings is 1. The maximum absolute atomic E-state index is 5.80. The van der Waals surface area contributed by atoms with Gasteiger partial charge in [0.1, 0.15) is 5.75 Å². The van der Waals surface area contributed by atoms with E-state index in [2.05, 4.69) is 45.9 Å². The van der Waals surface area contributed by atoms with Crippen LogP contribution >= 0.6 is 0 Å². The highest BCUT2D eigenvalue weighted by Gasteiger charge is 2.19. The summed E-state index contributed by atoms with van der Waals surface area (Å²) in [6.45, 7) is 8.89. The number of hydrogen-bond acceptors (Lipinski definition) is 1. The molecule has 0 spiro atoms. The van der Waals surface area contributed by atoms with Gasteiger partial charge in [-0.25, -0.2) is 0 Å². The van der Waals surface area contributed by atoms with Gasteiger partial charge in [0.15, 0.2) is 0 Å². The summed E-state index contributed by atoms with van der Waals surface area (Å²) in [6.07, 6.45) is 2.67. The summed E-state index contributed by atoms with van der Waals surface area (Å²) in [5, 5.41) is 0. The van der Waals surface area contributed by atoms with Gasteiger partial charge in [0.25, 0.3) is 0 Å². The second kappa shape index (κ2) is 3.55. The lowest BCUT2D eigenvalue weighted by Crippen LogP contribution is -2.20. The second-order valence-corrected chi connectivity index (χ2v) is 5.54. The Morgan fingerprint density at radius 3 is 2.67 bits per heavy atom. The number of fused-ring (bicyclic) bond motifs is 1. The third-order valence-corrected chi connectivity index (χ3v) is 3.07. The molecule has 0 saturated carbocycles. The van der Waals surface area contributed by atoms with Gasteiger partial charge < -0.3 is 4.74 Å². The van der Waals surface area contributed by atoms with Crippen molar-refractivity contribution < 1.29 is 4.74 Å². The van der Waals surface area contributed by atoms with Crippen molar-refractivity contribution in [3.8, 4) is 5.75 Å². The molecule has 82 valence electrons. The monoisotopic (exact) mass is 204 g/mol. The van der Waals surface area contributed by atoms with Gasteiger partial charge in [-0.05, 0) is 42.4 Å². The number of ether oxygens (including phenoxy) is 1. The van der Waals surface area contributed by atoms with Gasteiger partial charge in [-0.15, -0.1) is 0 Å². The standard InChI is InChI=1S/C14H20O/c1-10-5-6-11-9-12(14(2,3)4)7-8-13(11)15-10/h7-10H,5-6H2,1-4H3. The van der Waals surface area contributed by atoms with Gasteiger partial charge in [-0.3, -0.25) is 0 Å². The molecule has 0 amide bonds. The van der Waals surface area contributed by atoms with Crippen LogP contribution in [-0.4, -0.2) is 6.10 Å². The van der Waals surface area contributed by atoms with Crippen molar-refractivity contribution in [3.05, 3.63) is 29.3 Å². The third kappa shape index (κ3) is 2.17. The first kappa shape index (κ1) is 10.5. The van der Waals surface area contributed by atoms with Gasteiger partial charge in [0.2, 0.25) is 0 Å². The largest absolute Gasteiger partial charge is 0.490 e. The minimum atomic E-state index is 0.234. The van der Waals surface area contributed by atoms with E-state index < -0.39 is 0 Å². The van der Waals surface area contributed by atoms with Crippen LogP contribution < -0.4 is 4.74 Å². The van der Waals surface area contributed by atoms with E-state index >= 15 is 0 Å². The van der Waals surface area contributed by atoms with E-state index in [-0.39, 0.29) is 5.41 Å². The summed E-state index contributed by atoms with van der Waals surface area (Å²) in [5.41, 5.74) is 3.01.